The molecule has 88 valence electrons. The maximum atomic E-state index is 3.39. The van der Waals surface area contributed by atoms with Crippen molar-refractivity contribution < 1.29 is 0 Å². The van der Waals surface area contributed by atoms with Crippen molar-refractivity contribution in [3.63, 3.8) is 0 Å². The third kappa shape index (κ3) is 5.69. The van der Waals surface area contributed by atoms with Crippen molar-refractivity contribution in [1.82, 2.24) is 10.2 Å². The van der Waals surface area contributed by atoms with E-state index in [1.54, 1.807) is 0 Å². The largest absolute Gasteiger partial charge is 0.312 e. The zero-order valence-electron chi connectivity index (χ0n) is 10.3. The van der Waals surface area contributed by atoms with Gasteiger partial charge in [0.25, 0.3) is 0 Å². The summed E-state index contributed by atoms with van der Waals surface area (Å²) < 4.78 is 0. The zero-order valence-corrected chi connectivity index (χ0v) is 10.3. The third-order valence-electron chi connectivity index (χ3n) is 2.58. The number of nitrogens with zero attached hydrogens (tertiary/aromatic N) is 1. The number of likely N-dealkylation sites (N-methyl/N-ethyl adjacent to an activating group) is 1. The van der Waals surface area contributed by atoms with E-state index in [1.165, 1.54) is 5.56 Å². The van der Waals surface area contributed by atoms with E-state index < -0.39 is 0 Å². The second-order valence-electron chi connectivity index (χ2n) is 3.91. The fourth-order valence-corrected chi connectivity index (χ4v) is 1.37. The van der Waals surface area contributed by atoms with Gasteiger partial charge in [0, 0.05) is 19.6 Å². The van der Waals surface area contributed by atoms with Gasteiger partial charge in [0.15, 0.2) is 0 Å². The van der Waals surface area contributed by atoms with Crippen LogP contribution in [0.3, 0.4) is 0 Å². The Bertz CT molecular complexity index is 293. The molecule has 0 saturated heterocycles. The van der Waals surface area contributed by atoms with E-state index in [1.807, 2.05) is 6.07 Å². The average Bonchev–Trinajstić information content (AvgIpc) is 2.34. The van der Waals surface area contributed by atoms with Crippen molar-refractivity contribution in [2.24, 2.45) is 0 Å². The van der Waals surface area contributed by atoms with Gasteiger partial charge in [0.2, 0.25) is 0 Å². The maximum Gasteiger partial charge on any atom is 0.0138 e. The molecule has 0 bridgehead atoms. The molecule has 2 heteroatoms. The van der Waals surface area contributed by atoms with Crippen LogP contribution in [0.25, 0.3) is 6.08 Å². The Kier molecular flexibility index (Phi) is 6.54. The summed E-state index contributed by atoms with van der Waals surface area (Å²) in [6.45, 7) is 6.38. The fourth-order valence-electron chi connectivity index (χ4n) is 1.37. The van der Waals surface area contributed by atoms with Crippen molar-refractivity contribution in [3.8, 4) is 0 Å². The van der Waals surface area contributed by atoms with Crippen LogP contribution in [0.5, 0.6) is 0 Å². The first-order valence-corrected chi connectivity index (χ1v) is 5.93. The van der Waals surface area contributed by atoms with Crippen molar-refractivity contribution in [2.45, 2.75) is 6.92 Å². The Morgan fingerprint density at radius 3 is 2.69 bits per heavy atom. The van der Waals surface area contributed by atoms with Crippen LogP contribution >= 0.6 is 0 Å². The maximum absolute atomic E-state index is 3.39. The summed E-state index contributed by atoms with van der Waals surface area (Å²) in [4.78, 5) is 2.30. The fraction of sp³-hybridized carbons (Fsp3) is 0.429. The molecule has 0 aliphatic carbocycles. The smallest absolute Gasteiger partial charge is 0.0138 e. The van der Waals surface area contributed by atoms with Crippen molar-refractivity contribution in [1.29, 1.82) is 0 Å². The molecule has 0 aliphatic heterocycles. The van der Waals surface area contributed by atoms with Gasteiger partial charge in [0.05, 0.1) is 0 Å². The molecule has 2 nitrogen and oxygen atoms in total. The van der Waals surface area contributed by atoms with Crippen molar-refractivity contribution in [3.05, 3.63) is 42.0 Å². The van der Waals surface area contributed by atoms with Crippen LogP contribution in [0.2, 0.25) is 0 Å². The molecule has 0 unspecified atom stereocenters. The zero-order chi connectivity index (χ0) is 11.6. The van der Waals surface area contributed by atoms with E-state index in [9.17, 15) is 0 Å². The SMILES string of the molecule is CCN(C)CCNC/C=C/c1ccccc1. The minimum atomic E-state index is 0.937. The predicted octanol–water partition coefficient (Wildman–Crippen LogP) is 2.24. The number of rotatable bonds is 7. The summed E-state index contributed by atoms with van der Waals surface area (Å²) in [6.07, 6.45) is 4.32. The highest BCUT2D eigenvalue weighted by Gasteiger charge is 1.91. The van der Waals surface area contributed by atoms with E-state index in [2.05, 4.69) is 60.6 Å². The van der Waals surface area contributed by atoms with Gasteiger partial charge in [-0.25, -0.2) is 0 Å². The summed E-state index contributed by atoms with van der Waals surface area (Å²) >= 11 is 0. The van der Waals surface area contributed by atoms with E-state index >= 15 is 0 Å². The van der Waals surface area contributed by atoms with Gasteiger partial charge in [-0.3, -0.25) is 0 Å². The topological polar surface area (TPSA) is 15.3 Å². The molecular formula is C14H22N2. The summed E-state index contributed by atoms with van der Waals surface area (Å²) in [5.41, 5.74) is 1.26. The Morgan fingerprint density at radius 2 is 2.00 bits per heavy atom. The molecule has 1 aromatic carbocycles. The third-order valence-corrected chi connectivity index (χ3v) is 2.58. The molecule has 0 amide bonds. The standard InChI is InChI=1S/C14H22N2/c1-3-16(2)13-12-15-11-7-10-14-8-5-4-6-9-14/h4-10,15H,3,11-13H2,1-2H3/b10-7+. The summed E-state index contributed by atoms with van der Waals surface area (Å²) in [5.74, 6) is 0. The second-order valence-corrected chi connectivity index (χ2v) is 3.91. The average molecular weight is 218 g/mol. The Balaban J connectivity index is 2.09. The first kappa shape index (κ1) is 12.9. The Hall–Kier alpha value is -1.12. The van der Waals surface area contributed by atoms with E-state index in [0.717, 1.165) is 26.2 Å². The highest BCUT2D eigenvalue weighted by atomic mass is 15.1. The molecule has 0 heterocycles. The number of nitrogens with one attached hydrogen (secondary N) is 1. The number of benzene rings is 1. The van der Waals surface area contributed by atoms with Gasteiger partial charge in [0.1, 0.15) is 0 Å². The molecule has 1 N–H and O–H groups in total. The molecule has 0 radical (unpaired) electrons. The lowest BCUT2D eigenvalue weighted by Crippen LogP contribution is -2.29. The van der Waals surface area contributed by atoms with Crippen molar-refractivity contribution in [2.75, 3.05) is 33.2 Å². The van der Waals surface area contributed by atoms with Crippen LogP contribution < -0.4 is 5.32 Å². The van der Waals surface area contributed by atoms with E-state index in [0.29, 0.717) is 0 Å². The molecule has 0 saturated carbocycles. The summed E-state index contributed by atoms with van der Waals surface area (Å²) in [7, 11) is 2.14. The monoisotopic (exact) mass is 218 g/mol. The van der Waals surface area contributed by atoms with E-state index in [-0.39, 0.29) is 0 Å². The molecule has 0 aromatic heterocycles. The number of hydrogen-bond donors (Lipinski definition) is 1. The van der Waals surface area contributed by atoms with Gasteiger partial charge in [-0.05, 0) is 19.2 Å². The quantitative estimate of drug-likeness (QED) is 0.706. The van der Waals surface area contributed by atoms with Crippen LogP contribution in [-0.2, 0) is 0 Å². The highest BCUT2D eigenvalue weighted by Crippen LogP contribution is 1.99. The predicted molar refractivity (Wildman–Crippen MR) is 71.5 cm³/mol. The molecule has 0 spiro atoms. The van der Waals surface area contributed by atoms with Crippen LogP contribution in [0, 0.1) is 0 Å². The van der Waals surface area contributed by atoms with Gasteiger partial charge in [-0.2, -0.15) is 0 Å². The normalized spacial score (nSPS) is 11.4. The second kappa shape index (κ2) is 8.08. The minimum absolute atomic E-state index is 0.937. The molecule has 1 aromatic rings. The first-order valence-electron chi connectivity index (χ1n) is 5.93. The molecule has 0 fully saturated rings. The minimum Gasteiger partial charge on any atom is -0.312 e. The lowest BCUT2D eigenvalue weighted by Gasteiger charge is -2.13. The molecule has 16 heavy (non-hydrogen) atoms. The van der Waals surface area contributed by atoms with Crippen LogP contribution in [0.1, 0.15) is 12.5 Å². The number of hydrogen-bond acceptors (Lipinski definition) is 2. The highest BCUT2D eigenvalue weighted by molar-refractivity contribution is 5.48. The van der Waals surface area contributed by atoms with Crippen LogP contribution in [-0.4, -0.2) is 38.1 Å². The van der Waals surface area contributed by atoms with Crippen LogP contribution in [0.15, 0.2) is 36.4 Å². The molecule has 1 rings (SSSR count). The summed E-state index contributed by atoms with van der Waals surface area (Å²) in [5, 5.41) is 3.39. The Morgan fingerprint density at radius 1 is 1.25 bits per heavy atom. The van der Waals surface area contributed by atoms with E-state index in [4.69, 9.17) is 0 Å². The lowest BCUT2D eigenvalue weighted by atomic mass is 10.2. The van der Waals surface area contributed by atoms with Gasteiger partial charge >= 0.3 is 0 Å². The van der Waals surface area contributed by atoms with Crippen molar-refractivity contribution >= 4 is 6.08 Å². The van der Waals surface area contributed by atoms with Crippen LogP contribution in [0.4, 0.5) is 0 Å². The first-order chi connectivity index (χ1) is 7.83. The lowest BCUT2D eigenvalue weighted by molar-refractivity contribution is 0.352. The molecular weight excluding hydrogens is 196 g/mol. The molecule has 0 aliphatic rings. The van der Waals surface area contributed by atoms with Gasteiger partial charge < -0.3 is 10.2 Å². The summed E-state index contributed by atoms with van der Waals surface area (Å²) in [6, 6.07) is 10.4. The van der Waals surface area contributed by atoms with Gasteiger partial charge in [-0.15, -0.1) is 0 Å². The molecule has 0 atom stereocenters. The van der Waals surface area contributed by atoms with Gasteiger partial charge in [-0.1, -0.05) is 49.4 Å². The Labute approximate surface area is 99.0 Å².